The lowest BCUT2D eigenvalue weighted by atomic mass is 10.2. The van der Waals surface area contributed by atoms with Crippen molar-refractivity contribution >= 4 is 23.1 Å². The number of hydrogen-bond acceptors (Lipinski definition) is 6. The maximum absolute atomic E-state index is 13.3. The molecule has 0 bridgehead atoms. The van der Waals surface area contributed by atoms with E-state index in [-0.39, 0.29) is 5.82 Å². The van der Waals surface area contributed by atoms with E-state index in [0.29, 0.717) is 23.1 Å². The fourth-order valence-corrected chi connectivity index (χ4v) is 3.72. The van der Waals surface area contributed by atoms with Crippen molar-refractivity contribution in [1.29, 1.82) is 0 Å². The molecule has 7 heteroatoms. The predicted molar refractivity (Wildman–Crippen MR) is 96.7 cm³/mol. The lowest BCUT2D eigenvalue weighted by molar-refractivity contribution is 0.571. The molecule has 0 unspecified atom stereocenters. The van der Waals surface area contributed by atoms with Gasteiger partial charge in [-0.25, -0.2) is 14.4 Å². The van der Waals surface area contributed by atoms with Crippen LogP contribution in [-0.4, -0.2) is 9.97 Å². The highest BCUT2D eigenvalue weighted by Gasteiger charge is 2.10. The molecule has 0 aliphatic carbocycles. The molecule has 0 saturated heterocycles. The summed E-state index contributed by atoms with van der Waals surface area (Å²) in [4.78, 5) is 9.91. The van der Waals surface area contributed by atoms with E-state index in [4.69, 9.17) is 8.83 Å². The Morgan fingerprint density at radius 2 is 1.72 bits per heavy atom. The van der Waals surface area contributed by atoms with E-state index < -0.39 is 0 Å². The first-order chi connectivity index (χ1) is 12.3. The molecule has 3 heterocycles. The van der Waals surface area contributed by atoms with E-state index in [1.165, 1.54) is 12.1 Å². The minimum absolute atomic E-state index is 0.306. The van der Waals surface area contributed by atoms with Crippen LogP contribution in [0.3, 0.4) is 0 Å². The largest absolute Gasteiger partial charge is 0.444 e. The smallest absolute Gasteiger partial charge is 0.236 e. The van der Waals surface area contributed by atoms with Gasteiger partial charge in [0.15, 0.2) is 0 Å². The topological polar surface area (TPSA) is 52.1 Å². The van der Waals surface area contributed by atoms with Gasteiger partial charge in [-0.15, -0.1) is 23.1 Å². The lowest BCUT2D eigenvalue weighted by Crippen LogP contribution is -1.85. The number of benzene rings is 1. The monoisotopic (exact) mass is 372 g/mol. The Morgan fingerprint density at radius 1 is 0.960 bits per heavy atom. The summed E-state index contributed by atoms with van der Waals surface area (Å²) >= 11 is 3.27. The quantitative estimate of drug-likeness (QED) is 0.439. The van der Waals surface area contributed by atoms with Crippen molar-refractivity contribution in [2.45, 2.75) is 11.5 Å². The van der Waals surface area contributed by atoms with Crippen molar-refractivity contribution in [2.75, 3.05) is 0 Å². The second-order valence-corrected chi connectivity index (χ2v) is 7.20. The third-order valence-electron chi connectivity index (χ3n) is 3.41. The predicted octanol–water partition coefficient (Wildman–Crippen LogP) is 5.63. The maximum atomic E-state index is 13.3. The molecule has 3 aromatic heterocycles. The van der Waals surface area contributed by atoms with Crippen molar-refractivity contribution in [2.24, 2.45) is 0 Å². The zero-order valence-electron chi connectivity index (χ0n) is 13.0. The van der Waals surface area contributed by atoms with Gasteiger partial charge in [0.25, 0.3) is 0 Å². The second kappa shape index (κ2) is 7.25. The summed E-state index contributed by atoms with van der Waals surface area (Å²) in [7, 11) is 0. The zero-order chi connectivity index (χ0) is 17.1. The van der Waals surface area contributed by atoms with Gasteiger partial charge < -0.3 is 8.83 Å². The summed E-state index contributed by atoms with van der Waals surface area (Å²) in [5, 5.41) is 1.99. The van der Waals surface area contributed by atoms with E-state index in [0.717, 1.165) is 22.0 Å². The van der Waals surface area contributed by atoms with Crippen LogP contribution in [0.4, 0.5) is 4.39 Å². The number of halogens is 1. The molecule has 4 aromatic rings. The van der Waals surface area contributed by atoms with Crippen LogP contribution in [0, 0.1) is 5.82 Å². The normalized spacial score (nSPS) is 11.1. The van der Waals surface area contributed by atoms with E-state index in [9.17, 15) is 4.39 Å². The minimum atomic E-state index is -0.306. The van der Waals surface area contributed by atoms with Gasteiger partial charge in [0.05, 0.1) is 16.3 Å². The van der Waals surface area contributed by atoms with Crippen LogP contribution in [0.2, 0.25) is 0 Å². The van der Waals surface area contributed by atoms with E-state index >= 15 is 0 Å². The number of thioether (sulfide) groups is 1. The Morgan fingerprint density at radius 3 is 2.44 bits per heavy atom. The molecule has 0 saturated carbocycles. The minimum Gasteiger partial charge on any atom is -0.444 e. The zero-order valence-corrected chi connectivity index (χ0v) is 14.6. The number of thiophene rings is 1. The summed E-state index contributed by atoms with van der Waals surface area (Å²) < 4.78 is 24.2. The molecule has 25 heavy (non-hydrogen) atoms. The molecule has 0 N–H and O–H groups in total. The van der Waals surface area contributed by atoms with Gasteiger partial charge in [-0.3, -0.25) is 0 Å². The summed E-state index contributed by atoms with van der Waals surface area (Å²) in [5.41, 5.74) is 2.34. The summed E-state index contributed by atoms with van der Waals surface area (Å²) in [6.45, 7) is 0. The summed E-state index contributed by atoms with van der Waals surface area (Å²) in [5.74, 6) is 2.17. The molecule has 0 fully saturated rings. The molecule has 0 aliphatic heterocycles. The van der Waals surface area contributed by atoms with Crippen LogP contribution in [0.5, 0.6) is 0 Å². The molecule has 1 aromatic carbocycles. The van der Waals surface area contributed by atoms with Gasteiger partial charge in [-0.05, 0) is 29.6 Å². The number of oxazole rings is 2. The lowest BCUT2D eigenvalue weighted by Gasteiger charge is -1.95. The molecule has 0 radical (unpaired) electrons. The average Bonchev–Trinajstić information content (AvgIpc) is 3.36. The fourth-order valence-electron chi connectivity index (χ4n) is 2.27. The highest BCUT2D eigenvalue weighted by atomic mass is 32.2. The van der Waals surface area contributed by atoms with Crippen LogP contribution in [-0.2, 0) is 11.5 Å². The molecular formula is C18H13FN2O2S2. The molecular weight excluding hydrogens is 359 g/mol. The molecule has 0 spiro atoms. The first-order valence-corrected chi connectivity index (χ1v) is 9.58. The first kappa shape index (κ1) is 16.1. The summed E-state index contributed by atoms with van der Waals surface area (Å²) in [6, 6.07) is 10.2. The Bertz CT molecular complexity index is 963. The van der Waals surface area contributed by atoms with Gasteiger partial charge in [0, 0.05) is 17.1 Å². The van der Waals surface area contributed by atoms with Crippen molar-refractivity contribution in [3.8, 4) is 22.2 Å². The van der Waals surface area contributed by atoms with Crippen molar-refractivity contribution in [3.05, 3.63) is 71.5 Å². The molecule has 4 rings (SSSR count). The molecule has 0 amide bonds. The number of aromatic nitrogens is 2. The molecule has 4 nitrogen and oxygen atoms in total. The van der Waals surface area contributed by atoms with E-state index in [2.05, 4.69) is 9.97 Å². The molecule has 0 atom stereocenters. The van der Waals surface area contributed by atoms with Crippen molar-refractivity contribution in [1.82, 2.24) is 9.97 Å². The van der Waals surface area contributed by atoms with Gasteiger partial charge in [-0.1, -0.05) is 12.1 Å². The van der Waals surface area contributed by atoms with Crippen LogP contribution in [0.15, 0.2) is 63.1 Å². The molecule has 126 valence electrons. The van der Waals surface area contributed by atoms with Gasteiger partial charge >= 0.3 is 0 Å². The van der Waals surface area contributed by atoms with Crippen molar-refractivity contribution < 1.29 is 13.2 Å². The highest BCUT2D eigenvalue weighted by Crippen LogP contribution is 2.26. The third-order valence-corrected chi connectivity index (χ3v) is 5.26. The maximum Gasteiger partial charge on any atom is 0.236 e. The van der Waals surface area contributed by atoms with Crippen LogP contribution < -0.4 is 0 Å². The van der Waals surface area contributed by atoms with E-state index in [1.54, 1.807) is 47.8 Å². The first-order valence-electron chi connectivity index (χ1n) is 7.54. The van der Waals surface area contributed by atoms with Gasteiger partial charge in [0.2, 0.25) is 11.8 Å². The Balaban J connectivity index is 1.35. The van der Waals surface area contributed by atoms with Gasteiger partial charge in [-0.2, -0.15) is 0 Å². The number of nitrogens with zero attached hydrogens (tertiary/aromatic N) is 2. The third kappa shape index (κ3) is 3.83. The Hall–Kier alpha value is -2.38. The average molecular weight is 372 g/mol. The van der Waals surface area contributed by atoms with Crippen molar-refractivity contribution in [3.63, 3.8) is 0 Å². The second-order valence-electron chi connectivity index (χ2n) is 5.27. The number of hydrogen-bond donors (Lipinski definition) is 0. The molecule has 0 aliphatic rings. The van der Waals surface area contributed by atoms with E-state index in [1.807, 2.05) is 17.5 Å². The van der Waals surface area contributed by atoms with Crippen LogP contribution in [0.25, 0.3) is 22.2 Å². The van der Waals surface area contributed by atoms with Crippen LogP contribution in [0.1, 0.15) is 11.4 Å². The Kier molecular flexibility index (Phi) is 4.67. The highest BCUT2D eigenvalue weighted by molar-refractivity contribution is 7.97. The fraction of sp³-hybridized carbons (Fsp3) is 0.111. The summed E-state index contributed by atoms with van der Waals surface area (Å²) in [6.07, 6.45) is 3.29. The van der Waals surface area contributed by atoms with Crippen LogP contribution >= 0.6 is 23.1 Å². The number of rotatable bonds is 6. The van der Waals surface area contributed by atoms with Gasteiger partial charge in [0.1, 0.15) is 18.3 Å². The Labute approximate surface area is 151 Å². The standard InChI is InChI=1S/C18H13FN2O2S2/c19-13-4-1-3-12(7-13)17-20-14(8-22-17)10-24-11-15-9-23-18(21-15)16-5-2-6-25-16/h1-9H,10-11H2. The SMILES string of the molecule is Fc1cccc(-c2nc(CSCc3coc(-c4cccs4)n3)co2)c1.